The van der Waals surface area contributed by atoms with E-state index in [9.17, 15) is 14.4 Å². The van der Waals surface area contributed by atoms with Crippen LogP contribution in [0.25, 0.3) is 0 Å². The molecule has 2 atom stereocenters. The summed E-state index contributed by atoms with van der Waals surface area (Å²) in [5.41, 5.74) is 0. The highest BCUT2D eigenvalue weighted by molar-refractivity contribution is 6.06. The Bertz CT molecular complexity index is 368. The number of imide groups is 1. The second-order valence-corrected chi connectivity index (χ2v) is 5.43. The maximum Gasteiger partial charge on any atom is 0.325 e. The zero-order valence-corrected chi connectivity index (χ0v) is 12.0. The van der Waals surface area contributed by atoms with E-state index in [0.717, 1.165) is 11.3 Å². The van der Waals surface area contributed by atoms with Crippen LogP contribution >= 0.6 is 0 Å². The highest BCUT2D eigenvalue weighted by atomic mass is 16.2. The first-order chi connectivity index (χ1) is 8.85. The van der Waals surface area contributed by atoms with Crippen molar-refractivity contribution in [2.45, 2.75) is 52.6 Å². The highest BCUT2D eigenvalue weighted by Crippen LogP contribution is 2.13. The van der Waals surface area contributed by atoms with E-state index in [4.69, 9.17) is 0 Å². The van der Waals surface area contributed by atoms with Gasteiger partial charge in [0, 0.05) is 6.04 Å². The van der Waals surface area contributed by atoms with E-state index in [1.54, 1.807) is 0 Å². The summed E-state index contributed by atoms with van der Waals surface area (Å²) in [6.07, 6.45) is 1.40. The number of hydrogen-bond donors (Lipinski definition) is 2. The van der Waals surface area contributed by atoms with E-state index in [0.29, 0.717) is 12.3 Å². The van der Waals surface area contributed by atoms with Crippen LogP contribution in [0.15, 0.2) is 0 Å². The summed E-state index contributed by atoms with van der Waals surface area (Å²) in [5.74, 6) is -0.302. The number of nitrogens with zero attached hydrogens (tertiary/aromatic N) is 1. The molecular weight excluding hydrogens is 246 g/mol. The molecule has 0 aliphatic carbocycles. The smallest absolute Gasteiger partial charge is 0.325 e. The number of nitrogens with one attached hydrogen (secondary N) is 2. The van der Waals surface area contributed by atoms with Gasteiger partial charge in [0.2, 0.25) is 5.91 Å². The van der Waals surface area contributed by atoms with Gasteiger partial charge >= 0.3 is 6.03 Å². The molecule has 0 unspecified atom stereocenters. The third kappa shape index (κ3) is 4.22. The van der Waals surface area contributed by atoms with Gasteiger partial charge < -0.3 is 10.6 Å². The Morgan fingerprint density at radius 2 is 2.00 bits per heavy atom. The van der Waals surface area contributed by atoms with E-state index < -0.39 is 12.1 Å². The maximum atomic E-state index is 12.0. The Morgan fingerprint density at radius 3 is 2.53 bits per heavy atom. The number of urea groups is 1. The molecule has 1 aliphatic heterocycles. The Morgan fingerprint density at radius 1 is 1.37 bits per heavy atom. The summed E-state index contributed by atoms with van der Waals surface area (Å²) in [7, 11) is 0. The van der Waals surface area contributed by atoms with Crippen molar-refractivity contribution in [1.82, 2.24) is 15.5 Å². The molecule has 2 N–H and O–H groups in total. The Labute approximate surface area is 113 Å². The number of rotatable bonds is 6. The van der Waals surface area contributed by atoms with Crippen LogP contribution in [0.3, 0.4) is 0 Å². The summed E-state index contributed by atoms with van der Waals surface area (Å²) < 4.78 is 0. The molecule has 0 aromatic carbocycles. The Balaban J connectivity index is 2.56. The lowest BCUT2D eigenvalue weighted by Gasteiger charge is -2.16. The van der Waals surface area contributed by atoms with Gasteiger partial charge in [0.05, 0.1) is 0 Å². The summed E-state index contributed by atoms with van der Waals surface area (Å²) in [5, 5.41) is 5.36. The van der Waals surface area contributed by atoms with E-state index in [-0.39, 0.29) is 24.4 Å². The fourth-order valence-corrected chi connectivity index (χ4v) is 1.92. The lowest BCUT2D eigenvalue weighted by molar-refractivity contribution is -0.132. The molecule has 1 saturated heterocycles. The molecule has 0 saturated carbocycles. The number of hydrogen-bond acceptors (Lipinski definition) is 3. The number of carbonyl (C=O) groups is 3. The molecule has 19 heavy (non-hydrogen) atoms. The Kier molecular flexibility index (Phi) is 5.32. The third-order valence-corrected chi connectivity index (χ3v) is 3.14. The predicted molar refractivity (Wildman–Crippen MR) is 71.4 cm³/mol. The van der Waals surface area contributed by atoms with Crippen molar-refractivity contribution >= 4 is 17.8 Å². The van der Waals surface area contributed by atoms with Crippen LogP contribution in [0.2, 0.25) is 0 Å². The monoisotopic (exact) mass is 269 g/mol. The lowest BCUT2D eigenvalue weighted by atomic mass is 10.0. The lowest BCUT2D eigenvalue weighted by Crippen LogP contribution is -2.43. The zero-order chi connectivity index (χ0) is 14.6. The quantitative estimate of drug-likeness (QED) is 0.702. The summed E-state index contributed by atoms with van der Waals surface area (Å²) in [6.45, 7) is 7.60. The first-order valence-electron chi connectivity index (χ1n) is 6.76. The molecule has 0 radical (unpaired) electrons. The van der Waals surface area contributed by atoms with E-state index >= 15 is 0 Å². The summed E-state index contributed by atoms with van der Waals surface area (Å²) >= 11 is 0. The SMILES string of the molecule is CC[C@H](C)NC(=O)CN1C(=O)N[C@@H](CC(C)C)C1=O. The van der Waals surface area contributed by atoms with Gasteiger partial charge in [0.15, 0.2) is 0 Å². The van der Waals surface area contributed by atoms with E-state index in [2.05, 4.69) is 10.6 Å². The molecule has 108 valence electrons. The van der Waals surface area contributed by atoms with Gasteiger partial charge in [-0.3, -0.25) is 14.5 Å². The van der Waals surface area contributed by atoms with Crippen molar-refractivity contribution < 1.29 is 14.4 Å². The largest absolute Gasteiger partial charge is 0.352 e. The van der Waals surface area contributed by atoms with Crippen LogP contribution in [0.4, 0.5) is 4.79 Å². The minimum atomic E-state index is -0.496. The van der Waals surface area contributed by atoms with Crippen molar-refractivity contribution in [3.05, 3.63) is 0 Å². The molecule has 1 heterocycles. The van der Waals surface area contributed by atoms with Gasteiger partial charge in [0.25, 0.3) is 5.91 Å². The van der Waals surface area contributed by atoms with Gasteiger partial charge in [-0.2, -0.15) is 0 Å². The second kappa shape index (κ2) is 6.54. The van der Waals surface area contributed by atoms with Crippen LogP contribution in [0, 0.1) is 5.92 Å². The van der Waals surface area contributed by atoms with Gasteiger partial charge in [-0.1, -0.05) is 20.8 Å². The molecule has 0 spiro atoms. The molecule has 1 rings (SSSR count). The molecule has 0 aromatic heterocycles. The number of carbonyl (C=O) groups excluding carboxylic acids is 3. The van der Waals surface area contributed by atoms with Gasteiger partial charge in [-0.05, 0) is 25.7 Å². The van der Waals surface area contributed by atoms with Crippen molar-refractivity contribution in [3.8, 4) is 0 Å². The van der Waals surface area contributed by atoms with E-state index in [1.807, 2.05) is 27.7 Å². The Hall–Kier alpha value is -1.59. The van der Waals surface area contributed by atoms with E-state index in [1.165, 1.54) is 0 Å². The zero-order valence-electron chi connectivity index (χ0n) is 12.0. The summed E-state index contributed by atoms with van der Waals surface area (Å²) in [4.78, 5) is 36.4. The van der Waals surface area contributed by atoms with Crippen LogP contribution in [-0.4, -0.2) is 41.4 Å². The van der Waals surface area contributed by atoms with Gasteiger partial charge in [-0.15, -0.1) is 0 Å². The summed E-state index contributed by atoms with van der Waals surface area (Å²) in [6, 6.07) is -0.932. The highest BCUT2D eigenvalue weighted by Gasteiger charge is 2.38. The van der Waals surface area contributed by atoms with Crippen molar-refractivity contribution in [2.75, 3.05) is 6.54 Å². The van der Waals surface area contributed by atoms with Crippen molar-refractivity contribution in [1.29, 1.82) is 0 Å². The first kappa shape index (κ1) is 15.5. The van der Waals surface area contributed by atoms with Gasteiger partial charge in [0.1, 0.15) is 12.6 Å². The molecule has 0 aromatic rings. The maximum absolute atomic E-state index is 12.0. The molecule has 1 fully saturated rings. The average Bonchev–Trinajstić information content (AvgIpc) is 2.56. The third-order valence-electron chi connectivity index (χ3n) is 3.14. The average molecular weight is 269 g/mol. The molecule has 6 nitrogen and oxygen atoms in total. The molecule has 0 bridgehead atoms. The minimum Gasteiger partial charge on any atom is -0.352 e. The number of amides is 4. The van der Waals surface area contributed by atoms with Crippen LogP contribution in [-0.2, 0) is 9.59 Å². The predicted octanol–water partition coefficient (Wildman–Crippen LogP) is 0.868. The minimum absolute atomic E-state index is 0.0414. The van der Waals surface area contributed by atoms with Crippen LogP contribution in [0.1, 0.15) is 40.5 Å². The van der Waals surface area contributed by atoms with Crippen LogP contribution < -0.4 is 10.6 Å². The van der Waals surface area contributed by atoms with Crippen molar-refractivity contribution in [2.24, 2.45) is 5.92 Å². The standard InChI is InChI=1S/C13H23N3O3/c1-5-9(4)14-11(17)7-16-12(18)10(6-8(2)3)15-13(16)19/h8-10H,5-7H2,1-4H3,(H,14,17)(H,15,19)/t9-,10-/m0/s1. The normalized spacial score (nSPS) is 20.7. The molecular formula is C13H23N3O3. The molecule has 6 heteroatoms. The van der Waals surface area contributed by atoms with Crippen LogP contribution in [0.5, 0.6) is 0 Å². The molecule has 4 amide bonds. The van der Waals surface area contributed by atoms with Crippen molar-refractivity contribution in [3.63, 3.8) is 0 Å². The van der Waals surface area contributed by atoms with Gasteiger partial charge in [-0.25, -0.2) is 4.79 Å². The fourth-order valence-electron chi connectivity index (χ4n) is 1.92. The topological polar surface area (TPSA) is 78.5 Å². The second-order valence-electron chi connectivity index (χ2n) is 5.43. The first-order valence-corrected chi connectivity index (χ1v) is 6.76. The fraction of sp³-hybridized carbons (Fsp3) is 0.769. The molecule has 1 aliphatic rings.